The summed E-state index contributed by atoms with van der Waals surface area (Å²) in [5.74, 6) is 0.160. The Balaban J connectivity index is 1.57. The van der Waals surface area contributed by atoms with Crippen LogP contribution in [0.3, 0.4) is 0 Å². The van der Waals surface area contributed by atoms with E-state index in [1.54, 1.807) is 0 Å². The highest BCUT2D eigenvalue weighted by atomic mass is 79.9. The first-order chi connectivity index (χ1) is 12.1. The number of likely N-dealkylation sites (tertiary alicyclic amines) is 1. The maximum Gasteiger partial charge on any atom is 0.269 e. The summed E-state index contributed by atoms with van der Waals surface area (Å²) in [5, 5.41) is 4.02. The smallest absolute Gasteiger partial charge is 0.269 e. The van der Waals surface area contributed by atoms with E-state index in [1.165, 1.54) is 0 Å². The first-order valence-electron chi connectivity index (χ1n) is 8.88. The minimum Gasteiger partial charge on any atom is -0.351 e. The first-order valence-corrected chi connectivity index (χ1v) is 9.68. The molecule has 0 unspecified atom stereocenters. The Bertz CT molecular complexity index is 745. The summed E-state index contributed by atoms with van der Waals surface area (Å²) in [6, 6.07) is 7.94. The second kappa shape index (κ2) is 8.04. The maximum absolute atomic E-state index is 12.6. The molecule has 2 amide bonds. The van der Waals surface area contributed by atoms with Crippen LogP contribution in [-0.4, -0.2) is 40.9 Å². The fraction of sp³-hybridized carbons (Fsp3) is 0.474. The molecule has 1 fully saturated rings. The minimum absolute atomic E-state index is 0.0900. The predicted octanol–water partition coefficient (Wildman–Crippen LogP) is 3.46. The Labute approximate surface area is 156 Å². The van der Waals surface area contributed by atoms with Crippen LogP contribution >= 0.6 is 15.9 Å². The average molecular weight is 406 g/mol. The van der Waals surface area contributed by atoms with Crippen molar-refractivity contribution < 1.29 is 9.59 Å². The molecule has 1 aromatic heterocycles. The number of nitrogens with zero attached hydrogens (tertiary/aromatic N) is 2. The number of carbonyl (C=O) groups is 2. The molecule has 1 aliphatic rings. The van der Waals surface area contributed by atoms with E-state index < -0.39 is 0 Å². The van der Waals surface area contributed by atoms with Gasteiger partial charge in [-0.25, -0.2) is 0 Å². The molecule has 3 rings (SSSR count). The number of fused-ring (bicyclic) bond motifs is 1. The summed E-state index contributed by atoms with van der Waals surface area (Å²) in [4.78, 5) is 26.5. The molecule has 0 bridgehead atoms. The summed E-state index contributed by atoms with van der Waals surface area (Å²) in [7, 11) is 1.90. The number of nitrogens with one attached hydrogen (secondary N) is 1. The second-order valence-electron chi connectivity index (χ2n) is 6.54. The number of hydrogen-bond donors (Lipinski definition) is 1. The summed E-state index contributed by atoms with van der Waals surface area (Å²) < 4.78 is 2.73. The van der Waals surface area contributed by atoms with Crippen LogP contribution < -0.4 is 5.32 Å². The highest BCUT2D eigenvalue weighted by Crippen LogP contribution is 2.30. The van der Waals surface area contributed by atoms with E-state index in [4.69, 9.17) is 0 Å². The molecule has 0 spiro atoms. The molecule has 5 nitrogen and oxygen atoms in total. The Morgan fingerprint density at radius 3 is 2.84 bits per heavy atom. The molecule has 2 heterocycles. The zero-order chi connectivity index (χ0) is 17.8. The van der Waals surface area contributed by atoms with Gasteiger partial charge in [0.15, 0.2) is 0 Å². The molecule has 1 aromatic carbocycles. The van der Waals surface area contributed by atoms with Crippen LogP contribution in [0, 0.1) is 0 Å². The molecular formula is C19H24BrN3O2. The molecule has 2 aromatic rings. The number of carbonyl (C=O) groups excluding carboxylic acids is 2. The van der Waals surface area contributed by atoms with E-state index >= 15 is 0 Å². The molecule has 0 saturated carbocycles. The van der Waals surface area contributed by atoms with Crippen molar-refractivity contribution in [3.63, 3.8) is 0 Å². The van der Waals surface area contributed by atoms with Crippen LogP contribution in [0.4, 0.5) is 0 Å². The third kappa shape index (κ3) is 3.89. The maximum atomic E-state index is 12.6. The van der Waals surface area contributed by atoms with Gasteiger partial charge in [0, 0.05) is 44.0 Å². The van der Waals surface area contributed by atoms with E-state index in [0.29, 0.717) is 18.7 Å². The standard InChI is InChI=1S/C19H24BrN3O2/c1-22-15-9-5-4-8-14(15)17(20)18(22)19(25)21-11-7-13-23-12-6-2-3-10-16(23)24/h4-5,8-9H,2-3,6-7,10-13H2,1H3,(H,21,25). The van der Waals surface area contributed by atoms with Gasteiger partial charge in [-0.3, -0.25) is 9.59 Å². The Kier molecular flexibility index (Phi) is 5.78. The molecule has 0 aliphatic carbocycles. The van der Waals surface area contributed by atoms with Crippen molar-refractivity contribution >= 4 is 38.6 Å². The van der Waals surface area contributed by atoms with Crippen molar-refractivity contribution in [2.75, 3.05) is 19.6 Å². The Morgan fingerprint density at radius 1 is 1.24 bits per heavy atom. The van der Waals surface area contributed by atoms with E-state index in [1.807, 2.05) is 40.8 Å². The van der Waals surface area contributed by atoms with Crippen LogP contribution in [0.25, 0.3) is 10.9 Å². The Morgan fingerprint density at radius 2 is 2.04 bits per heavy atom. The van der Waals surface area contributed by atoms with Crippen LogP contribution in [-0.2, 0) is 11.8 Å². The van der Waals surface area contributed by atoms with Crippen molar-refractivity contribution in [1.29, 1.82) is 0 Å². The van der Waals surface area contributed by atoms with Gasteiger partial charge in [0.05, 0.1) is 4.47 Å². The van der Waals surface area contributed by atoms with Crippen molar-refractivity contribution in [1.82, 2.24) is 14.8 Å². The number of rotatable bonds is 5. The van der Waals surface area contributed by atoms with Gasteiger partial charge in [-0.15, -0.1) is 0 Å². The molecule has 1 N–H and O–H groups in total. The van der Waals surface area contributed by atoms with E-state index in [-0.39, 0.29) is 11.8 Å². The Hall–Kier alpha value is -1.82. The number of para-hydroxylation sites is 1. The number of aryl methyl sites for hydroxylation is 1. The molecular weight excluding hydrogens is 382 g/mol. The molecule has 0 radical (unpaired) electrons. The molecule has 1 saturated heterocycles. The van der Waals surface area contributed by atoms with Crippen LogP contribution in [0.15, 0.2) is 28.7 Å². The quantitative estimate of drug-likeness (QED) is 0.774. The lowest BCUT2D eigenvalue weighted by molar-refractivity contribution is -0.130. The number of benzene rings is 1. The highest BCUT2D eigenvalue weighted by Gasteiger charge is 2.19. The van der Waals surface area contributed by atoms with E-state index in [9.17, 15) is 9.59 Å². The van der Waals surface area contributed by atoms with Gasteiger partial charge >= 0.3 is 0 Å². The van der Waals surface area contributed by atoms with Gasteiger partial charge in [-0.05, 0) is 41.3 Å². The van der Waals surface area contributed by atoms with Gasteiger partial charge in [-0.1, -0.05) is 24.6 Å². The highest BCUT2D eigenvalue weighted by molar-refractivity contribution is 9.10. The van der Waals surface area contributed by atoms with Crippen LogP contribution in [0.5, 0.6) is 0 Å². The van der Waals surface area contributed by atoms with Crippen molar-refractivity contribution in [3.8, 4) is 0 Å². The normalized spacial score (nSPS) is 15.4. The summed E-state index contributed by atoms with van der Waals surface area (Å²) in [5.41, 5.74) is 1.65. The fourth-order valence-corrected chi connectivity index (χ4v) is 4.21. The van der Waals surface area contributed by atoms with Gasteiger partial charge in [0.25, 0.3) is 5.91 Å². The largest absolute Gasteiger partial charge is 0.351 e. The monoisotopic (exact) mass is 405 g/mol. The zero-order valence-corrected chi connectivity index (χ0v) is 16.1. The topological polar surface area (TPSA) is 54.3 Å². The van der Waals surface area contributed by atoms with Gasteiger partial charge in [0.1, 0.15) is 5.69 Å². The molecule has 0 atom stereocenters. The van der Waals surface area contributed by atoms with Crippen molar-refractivity contribution in [2.24, 2.45) is 7.05 Å². The fourth-order valence-electron chi connectivity index (χ4n) is 3.43. The lowest BCUT2D eigenvalue weighted by Crippen LogP contribution is -2.34. The first kappa shape index (κ1) is 18.0. The number of aromatic nitrogens is 1. The summed E-state index contributed by atoms with van der Waals surface area (Å²) >= 11 is 3.56. The third-order valence-corrected chi connectivity index (χ3v) is 5.62. The lowest BCUT2D eigenvalue weighted by atomic mass is 10.2. The number of hydrogen-bond acceptors (Lipinski definition) is 2. The summed E-state index contributed by atoms with van der Waals surface area (Å²) in [6.45, 7) is 2.13. The van der Waals surface area contributed by atoms with Crippen molar-refractivity contribution in [3.05, 3.63) is 34.4 Å². The second-order valence-corrected chi connectivity index (χ2v) is 7.33. The zero-order valence-electron chi connectivity index (χ0n) is 14.6. The average Bonchev–Trinajstić information content (AvgIpc) is 2.74. The van der Waals surface area contributed by atoms with E-state index in [2.05, 4.69) is 21.2 Å². The van der Waals surface area contributed by atoms with Crippen LogP contribution in [0.1, 0.15) is 42.6 Å². The van der Waals surface area contributed by atoms with Gasteiger partial charge < -0.3 is 14.8 Å². The summed E-state index contributed by atoms with van der Waals surface area (Å²) in [6.07, 6.45) is 4.66. The third-order valence-electron chi connectivity index (χ3n) is 4.82. The van der Waals surface area contributed by atoms with E-state index in [0.717, 1.165) is 54.1 Å². The van der Waals surface area contributed by atoms with Gasteiger partial charge in [0.2, 0.25) is 5.91 Å². The number of amides is 2. The lowest BCUT2D eigenvalue weighted by Gasteiger charge is -2.20. The van der Waals surface area contributed by atoms with Gasteiger partial charge in [-0.2, -0.15) is 0 Å². The van der Waals surface area contributed by atoms with Crippen molar-refractivity contribution in [2.45, 2.75) is 32.1 Å². The molecule has 25 heavy (non-hydrogen) atoms. The molecule has 1 aliphatic heterocycles. The number of halogens is 1. The van der Waals surface area contributed by atoms with Crippen LogP contribution in [0.2, 0.25) is 0 Å². The predicted molar refractivity (Wildman–Crippen MR) is 103 cm³/mol. The molecule has 134 valence electrons. The SMILES string of the molecule is Cn1c(C(=O)NCCCN2CCCCCC2=O)c(Br)c2ccccc21. The molecule has 6 heteroatoms. The minimum atomic E-state index is -0.0900.